The molecule has 0 N–H and O–H groups in total. The first-order chi connectivity index (χ1) is 4.70. The van der Waals surface area contributed by atoms with Crippen molar-refractivity contribution in [2.45, 2.75) is 13.2 Å². The summed E-state index contributed by atoms with van der Waals surface area (Å²) in [5.74, 6) is -0.334. The normalized spacial score (nSPS) is 10.0. The van der Waals surface area contributed by atoms with E-state index in [2.05, 4.69) is 4.74 Å². The highest BCUT2D eigenvalue weighted by Gasteiger charge is 2.05. The van der Waals surface area contributed by atoms with E-state index in [0.717, 1.165) is 0 Å². The number of rotatable bonds is 4. The summed E-state index contributed by atoms with van der Waals surface area (Å²) < 4.78 is 14.1. The molecule has 0 saturated carbocycles. The summed E-state index contributed by atoms with van der Waals surface area (Å²) in [7, 11) is 2.97. The standard InChI is InChI=1S/C6H12O4/c1-5(7)10-4-6(8-2)9-3/h6H,4H2,1-3H3. The van der Waals surface area contributed by atoms with E-state index in [9.17, 15) is 4.79 Å². The Kier molecular flexibility index (Phi) is 4.88. The zero-order valence-corrected chi connectivity index (χ0v) is 6.42. The largest absolute Gasteiger partial charge is 0.460 e. The molecule has 4 nitrogen and oxygen atoms in total. The second kappa shape index (κ2) is 5.20. The molecule has 4 heteroatoms. The Bertz CT molecular complexity index is 97.9. The van der Waals surface area contributed by atoms with Crippen molar-refractivity contribution in [3.8, 4) is 0 Å². The van der Waals surface area contributed by atoms with Crippen LogP contribution in [0.4, 0.5) is 0 Å². The monoisotopic (exact) mass is 148 g/mol. The molecule has 0 saturated heterocycles. The summed E-state index contributed by atoms with van der Waals surface area (Å²) in [5, 5.41) is 0. The SMILES string of the molecule is COC(COC(C)=O)OC. The van der Waals surface area contributed by atoms with Crippen molar-refractivity contribution in [1.29, 1.82) is 0 Å². The zero-order valence-electron chi connectivity index (χ0n) is 6.42. The molecular formula is C6H12O4. The van der Waals surface area contributed by atoms with Gasteiger partial charge in [0.2, 0.25) is 0 Å². The molecular weight excluding hydrogens is 136 g/mol. The van der Waals surface area contributed by atoms with Crippen LogP contribution in [0.5, 0.6) is 0 Å². The van der Waals surface area contributed by atoms with Gasteiger partial charge in [-0.2, -0.15) is 0 Å². The minimum Gasteiger partial charge on any atom is -0.460 e. The molecule has 0 spiro atoms. The maximum atomic E-state index is 10.2. The molecule has 10 heavy (non-hydrogen) atoms. The number of hydrogen-bond acceptors (Lipinski definition) is 4. The van der Waals surface area contributed by atoms with Gasteiger partial charge in [-0.1, -0.05) is 0 Å². The van der Waals surface area contributed by atoms with Crippen LogP contribution in [0.3, 0.4) is 0 Å². The summed E-state index contributed by atoms with van der Waals surface area (Å²) in [6.07, 6.45) is -0.455. The van der Waals surface area contributed by atoms with Crippen LogP contribution < -0.4 is 0 Å². The van der Waals surface area contributed by atoms with Crippen molar-refractivity contribution in [3.05, 3.63) is 0 Å². The fraction of sp³-hybridized carbons (Fsp3) is 0.833. The van der Waals surface area contributed by atoms with Crippen molar-refractivity contribution in [2.75, 3.05) is 20.8 Å². The van der Waals surface area contributed by atoms with Crippen molar-refractivity contribution in [2.24, 2.45) is 0 Å². The van der Waals surface area contributed by atoms with Crippen LogP contribution in [-0.4, -0.2) is 33.1 Å². The second-order valence-corrected chi connectivity index (χ2v) is 1.70. The molecule has 0 unspecified atom stereocenters. The highest BCUT2D eigenvalue weighted by Crippen LogP contribution is 1.91. The molecule has 0 aromatic heterocycles. The van der Waals surface area contributed by atoms with E-state index in [0.29, 0.717) is 0 Å². The summed E-state index contributed by atoms with van der Waals surface area (Å²) in [5.41, 5.74) is 0. The zero-order chi connectivity index (χ0) is 7.98. The Morgan fingerprint density at radius 1 is 1.40 bits per heavy atom. The summed E-state index contributed by atoms with van der Waals surface area (Å²) in [4.78, 5) is 10.2. The predicted molar refractivity (Wildman–Crippen MR) is 34.4 cm³/mol. The summed E-state index contributed by atoms with van der Waals surface area (Å²) in [6.45, 7) is 1.48. The van der Waals surface area contributed by atoms with E-state index in [1.165, 1.54) is 21.1 Å². The van der Waals surface area contributed by atoms with E-state index < -0.39 is 6.29 Å². The minimum atomic E-state index is -0.455. The Labute approximate surface area is 60.1 Å². The van der Waals surface area contributed by atoms with Gasteiger partial charge in [-0.15, -0.1) is 0 Å². The van der Waals surface area contributed by atoms with Gasteiger partial charge in [0.05, 0.1) is 0 Å². The molecule has 0 heterocycles. The minimum absolute atomic E-state index is 0.141. The number of methoxy groups -OCH3 is 2. The van der Waals surface area contributed by atoms with Crippen LogP contribution >= 0.6 is 0 Å². The quantitative estimate of drug-likeness (QED) is 0.421. The third-order valence-corrected chi connectivity index (χ3v) is 0.948. The average molecular weight is 148 g/mol. The summed E-state index contributed by atoms with van der Waals surface area (Å²) in [6, 6.07) is 0. The molecule has 0 atom stereocenters. The summed E-state index contributed by atoms with van der Waals surface area (Å²) >= 11 is 0. The first kappa shape index (κ1) is 9.39. The molecule has 0 aromatic carbocycles. The number of carbonyl (C=O) groups excluding carboxylic acids is 1. The highest BCUT2D eigenvalue weighted by atomic mass is 16.7. The van der Waals surface area contributed by atoms with Gasteiger partial charge in [-0.05, 0) is 0 Å². The smallest absolute Gasteiger partial charge is 0.302 e. The molecule has 0 fully saturated rings. The average Bonchev–Trinajstić information content (AvgIpc) is 1.90. The van der Waals surface area contributed by atoms with Crippen LogP contribution in [0.2, 0.25) is 0 Å². The first-order valence-corrected chi connectivity index (χ1v) is 2.89. The van der Waals surface area contributed by atoms with E-state index in [4.69, 9.17) is 9.47 Å². The van der Waals surface area contributed by atoms with E-state index in [1.807, 2.05) is 0 Å². The third-order valence-electron chi connectivity index (χ3n) is 0.948. The lowest BCUT2D eigenvalue weighted by Gasteiger charge is -2.11. The van der Waals surface area contributed by atoms with E-state index in [-0.39, 0.29) is 12.6 Å². The lowest BCUT2D eigenvalue weighted by molar-refractivity contribution is -0.164. The Balaban J connectivity index is 3.34. The lowest BCUT2D eigenvalue weighted by Crippen LogP contribution is -2.21. The fourth-order valence-corrected chi connectivity index (χ4v) is 0.418. The van der Waals surface area contributed by atoms with Crippen molar-refractivity contribution >= 4 is 5.97 Å². The second-order valence-electron chi connectivity index (χ2n) is 1.70. The number of esters is 1. The first-order valence-electron chi connectivity index (χ1n) is 2.89. The van der Waals surface area contributed by atoms with Gasteiger partial charge in [0.1, 0.15) is 6.61 Å². The maximum Gasteiger partial charge on any atom is 0.302 e. The molecule has 0 rings (SSSR count). The number of ether oxygens (including phenoxy) is 3. The van der Waals surface area contributed by atoms with Gasteiger partial charge in [-0.25, -0.2) is 0 Å². The van der Waals surface area contributed by atoms with Gasteiger partial charge >= 0.3 is 5.97 Å². The van der Waals surface area contributed by atoms with Crippen LogP contribution in [0.15, 0.2) is 0 Å². The Morgan fingerprint density at radius 2 is 1.90 bits per heavy atom. The van der Waals surface area contributed by atoms with E-state index in [1.54, 1.807) is 0 Å². The van der Waals surface area contributed by atoms with Gasteiger partial charge in [-0.3, -0.25) is 4.79 Å². The molecule has 0 aromatic rings. The van der Waals surface area contributed by atoms with Gasteiger partial charge < -0.3 is 14.2 Å². The van der Waals surface area contributed by atoms with Crippen LogP contribution in [0.25, 0.3) is 0 Å². The van der Waals surface area contributed by atoms with Crippen LogP contribution in [0, 0.1) is 0 Å². The van der Waals surface area contributed by atoms with Gasteiger partial charge in [0.25, 0.3) is 0 Å². The van der Waals surface area contributed by atoms with Gasteiger partial charge in [0.15, 0.2) is 6.29 Å². The fourth-order valence-electron chi connectivity index (χ4n) is 0.418. The molecule has 0 aliphatic carbocycles. The number of hydrogen-bond donors (Lipinski definition) is 0. The van der Waals surface area contributed by atoms with Crippen molar-refractivity contribution < 1.29 is 19.0 Å². The predicted octanol–water partition coefficient (Wildman–Crippen LogP) is 0.168. The van der Waals surface area contributed by atoms with Crippen molar-refractivity contribution in [1.82, 2.24) is 0 Å². The van der Waals surface area contributed by atoms with Crippen LogP contribution in [-0.2, 0) is 19.0 Å². The van der Waals surface area contributed by atoms with Gasteiger partial charge in [0, 0.05) is 21.1 Å². The topological polar surface area (TPSA) is 44.8 Å². The molecule has 0 radical (unpaired) electrons. The third kappa shape index (κ3) is 4.29. The highest BCUT2D eigenvalue weighted by molar-refractivity contribution is 5.65. The Hall–Kier alpha value is -0.610. The van der Waals surface area contributed by atoms with Crippen LogP contribution in [0.1, 0.15) is 6.92 Å². The molecule has 0 aliphatic heterocycles. The maximum absolute atomic E-state index is 10.2. The molecule has 0 bridgehead atoms. The molecule has 0 amide bonds. The molecule has 60 valence electrons. The number of carbonyl (C=O) groups is 1. The lowest BCUT2D eigenvalue weighted by atomic mass is 10.6. The Morgan fingerprint density at radius 3 is 2.20 bits per heavy atom. The van der Waals surface area contributed by atoms with Crippen molar-refractivity contribution in [3.63, 3.8) is 0 Å². The van der Waals surface area contributed by atoms with E-state index >= 15 is 0 Å². The molecule has 0 aliphatic rings.